The van der Waals surface area contributed by atoms with Gasteiger partial charge >= 0.3 is 0 Å². The molecule has 0 spiro atoms. The predicted molar refractivity (Wildman–Crippen MR) is 60.3 cm³/mol. The molecule has 0 bridgehead atoms. The highest BCUT2D eigenvalue weighted by Gasteiger charge is 2.08. The van der Waals surface area contributed by atoms with Crippen molar-refractivity contribution >= 4 is 11.5 Å². The van der Waals surface area contributed by atoms with Gasteiger partial charge in [0, 0.05) is 18.0 Å². The molecule has 15 heavy (non-hydrogen) atoms. The van der Waals surface area contributed by atoms with Gasteiger partial charge in [0.15, 0.2) is 0 Å². The predicted octanol–water partition coefficient (Wildman–Crippen LogP) is 3.06. The molecule has 0 aliphatic carbocycles. The number of hydrogen-bond donors (Lipinski definition) is 0. The maximum absolute atomic E-state index is 5.65. The van der Waals surface area contributed by atoms with Crippen molar-refractivity contribution in [2.45, 2.75) is 6.42 Å². The Morgan fingerprint density at radius 3 is 2.87 bits per heavy atom. The number of aromatic nitrogens is 2. The highest BCUT2D eigenvalue weighted by Crippen LogP contribution is 2.27. The average Bonchev–Trinajstić information content (AvgIpc) is 2.68. The van der Waals surface area contributed by atoms with Crippen LogP contribution in [0.15, 0.2) is 43.0 Å². The standard InChI is InChI=1S/C11H10N2OS/c1-2-6-10-11(15-13-12-10)14-9-7-4-3-5-8-9/h2-5,7-8H,1,6H2. The van der Waals surface area contributed by atoms with E-state index in [0.717, 1.165) is 16.5 Å². The molecule has 0 unspecified atom stereocenters. The zero-order valence-corrected chi connectivity index (χ0v) is 8.91. The van der Waals surface area contributed by atoms with Gasteiger partial charge in [-0.3, -0.25) is 0 Å². The number of nitrogens with zero attached hydrogens (tertiary/aromatic N) is 2. The molecule has 0 fully saturated rings. The van der Waals surface area contributed by atoms with Gasteiger partial charge in [-0.2, -0.15) is 0 Å². The summed E-state index contributed by atoms with van der Waals surface area (Å²) in [5, 5.41) is 4.71. The Balaban J connectivity index is 2.17. The Morgan fingerprint density at radius 2 is 2.13 bits per heavy atom. The summed E-state index contributed by atoms with van der Waals surface area (Å²) in [5.41, 5.74) is 0.832. The summed E-state index contributed by atoms with van der Waals surface area (Å²) in [6.45, 7) is 3.67. The quantitative estimate of drug-likeness (QED) is 0.740. The van der Waals surface area contributed by atoms with Crippen LogP contribution in [0.4, 0.5) is 0 Å². The van der Waals surface area contributed by atoms with Crippen molar-refractivity contribution < 1.29 is 4.74 Å². The van der Waals surface area contributed by atoms with E-state index in [-0.39, 0.29) is 0 Å². The van der Waals surface area contributed by atoms with Crippen molar-refractivity contribution in [2.75, 3.05) is 0 Å². The number of rotatable bonds is 4. The highest BCUT2D eigenvalue weighted by atomic mass is 32.1. The molecule has 0 saturated heterocycles. The molecule has 0 radical (unpaired) electrons. The maximum Gasteiger partial charge on any atom is 0.223 e. The third-order valence-electron chi connectivity index (χ3n) is 1.81. The molecule has 3 nitrogen and oxygen atoms in total. The molecule has 1 heterocycles. The van der Waals surface area contributed by atoms with E-state index in [2.05, 4.69) is 16.2 Å². The first-order chi connectivity index (χ1) is 7.40. The molecular weight excluding hydrogens is 208 g/mol. The third-order valence-corrected chi connectivity index (χ3v) is 2.46. The van der Waals surface area contributed by atoms with Gasteiger partial charge in [0.1, 0.15) is 11.4 Å². The van der Waals surface area contributed by atoms with Crippen molar-refractivity contribution in [1.29, 1.82) is 0 Å². The van der Waals surface area contributed by atoms with E-state index in [1.54, 1.807) is 6.08 Å². The molecule has 0 aliphatic heterocycles. The Bertz CT molecular complexity index is 439. The minimum atomic E-state index is 0.679. The summed E-state index contributed by atoms with van der Waals surface area (Å²) >= 11 is 1.25. The normalized spacial score (nSPS) is 9.87. The maximum atomic E-state index is 5.65. The molecule has 1 aromatic heterocycles. The smallest absolute Gasteiger partial charge is 0.223 e. The van der Waals surface area contributed by atoms with Crippen LogP contribution in [-0.2, 0) is 6.42 Å². The van der Waals surface area contributed by atoms with E-state index in [0.29, 0.717) is 6.42 Å². The van der Waals surface area contributed by atoms with Gasteiger partial charge in [-0.05, 0) is 12.1 Å². The van der Waals surface area contributed by atoms with E-state index in [9.17, 15) is 0 Å². The first-order valence-electron chi connectivity index (χ1n) is 4.55. The van der Waals surface area contributed by atoms with Crippen molar-refractivity contribution in [3.05, 3.63) is 48.7 Å². The lowest BCUT2D eigenvalue weighted by Gasteiger charge is -2.02. The molecular formula is C11H10N2OS. The van der Waals surface area contributed by atoms with Gasteiger partial charge < -0.3 is 4.74 Å². The minimum Gasteiger partial charge on any atom is -0.443 e. The summed E-state index contributed by atoms with van der Waals surface area (Å²) in [5.74, 6) is 0.800. The molecule has 0 N–H and O–H groups in total. The van der Waals surface area contributed by atoms with E-state index < -0.39 is 0 Å². The summed E-state index contributed by atoms with van der Waals surface area (Å²) in [6.07, 6.45) is 2.47. The second-order valence-corrected chi connectivity index (χ2v) is 3.63. The van der Waals surface area contributed by atoms with Crippen molar-refractivity contribution in [3.63, 3.8) is 0 Å². The molecule has 0 atom stereocenters. The van der Waals surface area contributed by atoms with E-state index in [1.807, 2.05) is 30.3 Å². The Kier molecular flexibility index (Phi) is 3.09. The van der Waals surface area contributed by atoms with Crippen LogP contribution in [0.2, 0.25) is 0 Å². The SMILES string of the molecule is C=CCc1nnsc1Oc1ccccc1. The van der Waals surface area contributed by atoms with Crippen LogP contribution in [-0.4, -0.2) is 9.59 Å². The number of ether oxygens (including phenoxy) is 1. The van der Waals surface area contributed by atoms with Crippen LogP contribution in [0.3, 0.4) is 0 Å². The van der Waals surface area contributed by atoms with Gasteiger partial charge in [0.2, 0.25) is 5.06 Å². The fourth-order valence-electron chi connectivity index (χ4n) is 1.13. The third kappa shape index (κ3) is 2.41. The molecule has 0 aliphatic rings. The van der Waals surface area contributed by atoms with Gasteiger partial charge in [-0.1, -0.05) is 28.8 Å². The summed E-state index contributed by atoms with van der Waals surface area (Å²) in [4.78, 5) is 0. The van der Waals surface area contributed by atoms with E-state index >= 15 is 0 Å². The zero-order chi connectivity index (χ0) is 10.5. The number of benzene rings is 1. The lowest BCUT2D eigenvalue weighted by Crippen LogP contribution is -1.87. The largest absolute Gasteiger partial charge is 0.443 e. The number of allylic oxidation sites excluding steroid dienone is 1. The Morgan fingerprint density at radius 1 is 1.33 bits per heavy atom. The zero-order valence-electron chi connectivity index (χ0n) is 8.09. The monoisotopic (exact) mass is 218 g/mol. The van der Waals surface area contributed by atoms with Crippen LogP contribution >= 0.6 is 11.5 Å². The molecule has 0 saturated carbocycles. The van der Waals surface area contributed by atoms with Crippen LogP contribution < -0.4 is 4.74 Å². The highest BCUT2D eigenvalue weighted by molar-refractivity contribution is 7.07. The Labute approximate surface area is 92.2 Å². The number of hydrogen-bond acceptors (Lipinski definition) is 4. The lowest BCUT2D eigenvalue weighted by molar-refractivity contribution is 0.490. The van der Waals surface area contributed by atoms with Crippen molar-refractivity contribution in [1.82, 2.24) is 9.59 Å². The average molecular weight is 218 g/mol. The van der Waals surface area contributed by atoms with Crippen LogP contribution in [0, 0.1) is 0 Å². The molecule has 4 heteroatoms. The first kappa shape index (κ1) is 9.86. The lowest BCUT2D eigenvalue weighted by atomic mass is 10.3. The molecule has 1 aromatic carbocycles. The Hall–Kier alpha value is -1.68. The van der Waals surface area contributed by atoms with Crippen LogP contribution in [0.1, 0.15) is 5.69 Å². The van der Waals surface area contributed by atoms with Gasteiger partial charge in [-0.15, -0.1) is 11.7 Å². The first-order valence-corrected chi connectivity index (χ1v) is 5.32. The fourth-order valence-corrected chi connectivity index (χ4v) is 1.71. The van der Waals surface area contributed by atoms with Gasteiger partial charge in [0.05, 0.1) is 0 Å². The second-order valence-electron chi connectivity index (χ2n) is 2.92. The van der Waals surface area contributed by atoms with Crippen molar-refractivity contribution in [3.8, 4) is 10.8 Å². The van der Waals surface area contributed by atoms with Gasteiger partial charge in [0.25, 0.3) is 0 Å². The van der Waals surface area contributed by atoms with Crippen LogP contribution in [0.5, 0.6) is 10.8 Å². The van der Waals surface area contributed by atoms with Crippen molar-refractivity contribution in [2.24, 2.45) is 0 Å². The second kappa shape index (κ2) is 4.70. The number of para-hydroxylation sites is 1. The van der Waals surface area contributed by atoms with E-state index in [4.69, 9.17) is 4.74 Å². The van der Waals surface area contributed by atoms with Crippen LogP contribution in [0.25, 0.3) is 0 Å². The fraction of sp³-hybridized carbons (Fsp3) is 0.0909. The topological polar surface area (TPSA) is 35.0 Å². The van der Waals surface area contributed by atoms with E-state index in [1.165, 1.54) is 11.5 Å². The molecule has 0 amide bonds. The molecule has 2 aromatic rings. The minimum absolute atomic E-state index is 0.679. The summed E-state index contributed by atoms with van der Waals surface area (Å²) in [6, 6.07) is 9.60. The summed E-state index contributed by atoms with van der Waals surface area (Å²) < 4.78 is 9.50. The summed E-state index contributed by atoms with van der Waals surface area (Å²) in [7, 11) is 0. The molecule has 76 valence electrons. The molecule has 2 rings (SSSR count). The van der Waals surface area contributed by atoms with Gasteiger partial charge in [-0.25, -0.2) is 0 Å².